The first-order valence-corrected chi connectivity index (χ1v) is 7.17. The fourth-order valence-electron chi connectivity index (χ4n) is 1.61. The van der Waals surface area contributed by atoms with Crippen LogP contribution in [0.5, 0.6) is 0 Å². The Bertz CT molecular complexity index is 492. The van der Waals surface area contributed by atoms with Gasteiger partial charge < -0.3 is 15.3 Å². The summed E-state index contributed by atoms with van der Waals surface area (Å²) in [5.41, 5.74) is 2.66. The molecule has 0 radical (unpaired) electrons. The molecule has 0 atom stereocenters. The van der Waals surface area contributed by atoms with Crippen LogP contribution >= 0.6 is 0 Å². The molecule has 0 aromatic heterocycles. The molecule has 8 heteroatoms. The van der Waals surface area contributed by atoms with E-state index in [1.54, 1.807) is 18.2 Å². The number of hydrogen-bond acceptors (Lipinski definition) is 6. The van der Waals surface area contributed by atoms with Crippen LogP contribution < -0.4 is 11.3 Å². The van der Waals surface area contributed by atoms with Gasteiger partial charge in [0.2, 0.25) is 10.0 Å². The Hall–Kier alpha value is -1.19. The highest BCUT2D eigenvalue weighted by Crippen LogP contribution is 2.23. The summed E-state index contributed by atoms with van der Waals surface area (Å²) < 4.78 is 31.0. The first-order valence-electron chi connectivity index (χ1n) is 5.73. The number of nitrogens with one attached hydrogen (secondary N) is 1. The smallest absolute Gasteiger partial charge is 0.245 e. The van der Waals surface area contributed by atoms with E-state index in [9.17, 15) is 8.42 Å². The van der Waals surface area contributed by atoms with Gasteiger partial charge in [-0.3, -0.25) is 5.84 Å². The second-order valence-electron chi connectivity index (χ2n) is 3.76. The van der Waals surface area contributed by atoms with Gasteiger partial charge in [0.1, 0.15) is 4.90 Å². The van der Waals surface area contributed by atoms with Crippen LogP contribution in [0.3, 0.4) is 0 Å². The molecule has 1 aromatic carbocycles. The van der Waals surface area contributed by atoms with E-state index in [-0.39, 0.29) is 31.2 Å². The van der Waals surface area contributed by atoms with E-state index in [1.165, 1.54) is 13.2 Å². The number of aliphatic hydroxyl groups is 1. The zero-order chi connectivity index (χ0) is 14.3. The van der Waals surface area contributed by atoms with Crippen molar-refractivity contribution in [2.75, 3.05) is 38.8 Å². The molecule has 0 bridgehead atoms. The van der Waals surface area contributed by atoms with Gasteiger partial charge in [-0.1, -0.05) is 12.1 Å². The minimum Gasteiger partial charge on any atom is -0.395 e. The van der Waals surface area contributed by atoms with Crippen molar-refractivity contribution in [3.05, 3.63) is 24.3 Å². The van der Waals surface area contributed by atoms with Crippen LogP contribution in [0.2, 0.25) is 0 Å². The highest BCUT2D eigenvalue weighted by molar-refractivity contribution is 7.89. The third-order valence-corrected chi connectivity index (χ3v) is 4.51. The third-order valence-electron chi connectivity index (χ3n) is 2.55. The topological polar surface area (TPSA) is 105 Å². The Morgan fingerprint density at radius 3 is 2.63 bits per heavy atom. The molecule has 0 aliphatic carbocycles. The molecule has 1 rings (SSSR count). The van der Waals surface area contributed by atoms with Crippen molar-refractivity contribution >= 4 is 15.7 Å². The monoisotopic (exact) mass is 289 g/mol. The second-order valence-corrected chi connectivity index (χ2v) is 5.67. The van der Waals surface area contributed by atoms with Crippen LogP contribution in [0.25, 0.3) is 0 Å². The van der Waals surface area contributed by atoms with Gasteiger partial charge in [-0.25, -0.2) is 8.42 Å². The van der Waals surface area contributed by atoms with Gasteiger partial charge in [-0.2, -0.15) is 4.31 Å². The van der Waals surface area contributed by atoms with Crippen LogP contribution in [-0.4, -0.2) is 51.2 Å². The molecule has 4 N–H and O–H groups in total. The van der Waals surface area contributed by atoms with Gasteiger partial charge in [-0.05, 0) is 12.1 Å². The molecular weight excluding hydrogens is 270 g/mol. The average Bonchev–Trinajstić information content (AvgIpc) is 2.43. The lowest BCUT2D eigenvalue weighted by atomic mass is 10.3. The van der Waals surface area contributed by atoms with Gasteiger partial charge in [-0.15, -0.1) is 0 Å². The van der Waals surface area contributed by atoms with Crippen molar-refractivity contribution < 1.29 is 18.3 Å². The van der Waals surface area contributed by atoms with Gasteiger partial charge >= 0.3 is 0 Å². The molecule has 0 saturated heterocycles. The summed E-state index contributed by atoms with van der Waals surface area (Å²) in [5.74, 6) is 5.31. The molecule has 1 aromatic rings. The van der Waals surface area contributed by atoms with E-state index >= 15 is 0 Å². The summed E-state index contributed by atoms with van der Waals surface area (Å²) in [6.07, 6.45) is 0. The molecule has 0 aliphatic rings. The number of nitrogen functional groups attached to an aromatic ring is 1. The van der Waals surface area contributed by atoms with Gasteiger partial charge in [0, 0.05) is 20.2 Å². The number of hydrazine groups is 1. The number of aliphatic hydroxyl groups excluding tert-OH is 1. The van der Waals surface area contributed by atoms with E-state index in [2.05, 4.69) is 5.43 Å². The van der Waals surface area contributed by atoms with E-state index in [1.807, 2.05) is 0 Å². The van der Waals surface area contributed by atoms with Crippen molar-refractivity contribution in [2.45, 2.75) is 4.90 Å². The maximum absolute atomic E-state index is 12.5. The summed E-state index contributed by atoms with van der Waals surface area (Å²) in [4.78, 5) is 0.0713. The number of rotatable bonds is 8. The zero-order valence-corrected chi connectivity index (χ0v) is 11.6. The fraction of sp³-hybridized carbons (Fsp3) is 0.455. The lowest BCUT2D eigenvalue weighted by Gasteiger charge is -2.22. The fourth-order valence-corrected chi connectivity index (χ4v) is 3.18. The number of nitrogens with zero attached hydrogens (tertiary/aromatic N) is 1. The minimum absolute atomic E-state index is 0.00456. The predicted molar refractivity (Wildman–Crippen MR) is 72.0 cm³/mol. The van der Waals surface area contributed by atoms with E-state index in [0.29, 0.717) is 5.69 Å². The summed E-state index contributed by atoms with van der Waals surface area (Å²) in [6.45, 7) is 0.154. The quantitative estimate of drug-likeness (QED) is 0.444. The number of ether oxygens (including phenoxy) is 1. The van der Waals surface area contributed by atoms with Crippen LogP contribution in [0.15, 0.2) is 29.2 Å². The Kier molecular flexibility index (Phi) is 6.19. The van der Waals surface area contributed by atoms with Crippen LogP contribution in [0.4, 0.5) is 5.69 Å². The van der Waals surface area contributed by atoms with Crippen molar-refractivity contribution in [2.24, 2.45) is 5.84 Å². The maximum Gasteiger partial charge on any atom is 0.245 e. The highest BCUT2D eigenvalue weighted by atomic mass is 32.2. The number of anilines is 1. The van der Waals surface area contributed by atoms with Gasteiger partial charge in [0.25, 0.3) is 0 Å². The van der Waals surface area contributed by atoms with E-state index in [0.717, 1.165) is 4.31 Å². The van der Waals surface area contributed by atoms with E-state index in [4.69, 9.17) is 15.7 Å². The zero-order valence-electron chi connectivity index (χ0n) is 10.7. The first kappa shape index (κ1) is 15.9. The first-order chi connectivity index (χ1) is 9.07. The lowest BCUT2D eigenvalue weighted by Crippen LogP contribution is -2.36. The summed E-state index contributed by atoms with van der Waals surface area (Å²) in [5, 5.41) is 8.99. The van der Waals surface area contributed by atoms with Crippen LogP contribution in [0, 0.1) is 0 Å². The number of sulfonamides is 1. The molecular formula is C11H19N3O4S. The molecule has 108 valence electrons. The average molecular weight is 289 g/mol. The van der Waals surface area contributed by atoms with E-state index < -0.39 is 10.0 Å². The van der Waals surface area contributed by atoms with Crippen molar-refractivity contribution in [1.82, 2.24) is 4.31 Å². The number of nitrogens with two attached hydrogens (primary N) is 1. The molecule has 0 saturated carbocycles. The Labute approximate surface area is 113 Å². The Morgan fingerprint density at radius 1 is 1.37 bits per heavy atom. The standard InChI is InChI=1S/C11H19N3O4S/c1-18-9-7-14(6-8-15)19(16,17)11-5-3-2-4-10(11)13-12/h2-5,13,15H,6-9,12H2,1H3. The number of benzene rings is 1. The Morgan fingerprint density at radius 2 is 2.05 bits per heavy atom. The summed E-state index contributed by atoms with van der Waals surface area (Å²) in [7, 11) is -2.24. The molecule has 19 heavy (non-hydrogen) atoms. The molecule has 0 fully saturated rings. The SMILES string of the molecule is COCCN(CCO)S(=O)(=O)c1ccccc1NN. The third kappa shape index (κ3) is 3.88. The molecule has 7 nitrogen and oxygen atoms in total. The van der Waals surface area contributed by atoms with Gasteiger partial charge in [0.05, 0.1) is 18.9 Å². The number of hydrogen-bond donors (Lipinski definition) is 3. The summed E-state index contributed by atoms with van der Waals surface area (Å²) >= 11 is 0. The molecule has 0 heterocycles. The second kappa shape index (κ2) is 7.41. The largest absolute Gasteiger partial charge is 0.395 e. The number of methoxy groups -OCH3 is 1. The normalized spacial score (nSPS) is 11.8. The van der Waals surface area contributed by atoms with Crippen molar-refractivity contribution in [1.29, 1.82) is 0 Å². The summed E-state index contributed by atoms with van der Waals surface area (Å²) in [6, 6.07) is 6.32. The molecule has 0 unspecified atom stereocenters. The van der Waals surface area contributed by atoms with Crippen molar-refractivity contribution in [3.8, 4) is 0 Å². The molecule has 0 spiro atoms. The maximum atomic E-state index is 12.5. The highest BCUT2D eigenvalue weighted by Gasteiger charge is 2.26. The molecule has 0 amide bonds. The van der Waals surface area contributed by atoms with Crippen LogP contribution in [-0.2, 0) is 14.8 Å². The predicted octanol–water partition coefficient (Wildman–Crippen LogP) is -0.398. The Balaban J connectivity index is 3.11. The minimum atomic E-state index is -3.73. The van der Waals surface area contributed by atoms with Gasteiger partial charge in [0.15, 0.2) is 0 Å². The number of para-hydroxylation sites is 1. The lowest BCUT2D eigenvalue weighted by molar-refractivity contribution is 0.168. The van der Waals surface area contributed by atoms with Crippen molar-refractivity contribution in [3.63, 3.8) is 0 Å². The molecule has 0 aliphatic heterocycles. The van der Waals surface area contributed by atoms with Crippen LogP contribution in [0.1, 0.15) is 0 Å².